The van der Waals surface area contributed by atoms with Crippen molar-refractivity contribution in [3.63, 3.8) is 0 Å². The molecule has 0 bridgehead atoms. The number of rotatable bonds is 10. The maximum absolute atomic E-state index is 14.0. The van der Waals surface area contributed by atoms with Gasteiger partial charge in [0.15, 0.2) is 17.7 Å². The first kappa shape index (κ1) is 35.6. The largest absolute Gasteiger partial charge is 0.445 e. The van der Waals surface area contributed by atoms with Gasteiger partial charge in [-0.05, 0) is 61.6 Å². The monoisotopic (exact) mass is 705 g/mol. The van der Waals surface area contributed by atoms with E-state index in [9.17, 15) is 29.1 Å². The normalized spacial score (nSPS) is 17.2. The molecule has 262 valence electrons. The second kappa shape index (κ2) is 14.9. The van der Waals surface area contributed by atoms with Crippen molar-refractivity contribution in [1.29, 1.82) is 0 Å². The van der Waals surface area contributed by atoms with Gasteiger partial charge in [-0.15, -0.1) is 11.8 Å². The van der Waals surface area contributed by atoms with Gasteiger partial charge in [0.1, 0.15) is 12.6 Å². The van der Waals surface area contributed by atoms with Gasteiger partial charge in [0.2, 0.25) is 5.91 Å². The van der Waals surface area contributed by atoms with Crippen molar-refractivity contribution in [2.45, 2.75) is 63.3 Å². The lowest BCUT2D eigenvalue weighted by atomic mass is 9.83. The number of alkyl carbamates (subject to hydrolysis) is 1. The average molecular weight is 706 g/mol. The second-order valence-corrected chi connectivity index (χ2v) is 14.9. The Balaban J connectivity index is 1.15. The van der Waals surface area contributed by atoms with Crippen LogP contribution in [-0.2, 0) is 33.9 Å². The van der Waals surface area contributed by atoms with E-state index in [0.717, 1.165) is 16.7 Å². The van der Waals surface area contributed by atoms with E-state index in [0.29, 0.717) is 23.2 Å². The molecule has 3 amide bonds. The van der Waals surface area contributed by atoms with Crippen molar-refractivity contribution in [3.05, 3.63) is 142 Å². The van der Waals surface area contributed by atoms with Gasteiger partial charge in [-0.1, -0.05) is 84.9 Å². The third kappa shape index (κ3) is 7.59. The highest BCUT2D eigenvalue weighted by Gasteiger charge is 2.49. The second-order valence-electron chi connectivity index (χ2n) is 13.3. The highest BCUT2D eigenvalue weighted by Crippen LogP contribution is 2.40. The molecule has 1 saturated heterocycles. The maximum Gasteiger partial charge on any atom is 0.407 e. The summed E-state index contributed by atoms with van der Waals surface area (Å²) in [5.74, 6) is -1.39. The smallest absolute Gasteiger partial charge is 0.407 e. The number of amides is 3. The molecule has 1 aliphatic carbocycles. The van der Waals surface area contributed by atoms with Gasteiger partial charge in [0.25, 0.3) is 5.91 Å². The SMILES string of the molecule is Cc1ccccc1CNC(=O)C1N(C(=O)C(O)C(Cc2ccccc2)NC(=O)OCc2ccc3c(c2)C(=O)c2ccccc2C3=O)CSC1(C)C. The Bertz CT molecular complexity index is 2000. The molecule has 0 spiro atoms. The summed E-state index contributed by atoms with van der Waals surface area (Å²) < 4.78 is 4.86. The van der Waals surface area contributed by atoms with E-state index in [4.69, 9.17) is 4.74 Å². The van der Waals surface area contributed by atoms with E-state index in [1.54, 1.807) is 36.4 Å². The lowest BCUT2D eigenvalue weighted by molar-refractivity contribution is -0.147. The topological polar surface area (TPSA) is 142 Å². The number of benzene rings is 4. The first-order valence-corrected chi connectivity index (χ1v) is 17.7. The number of aliphatic hydroxyl groups is 1. The van der Waals surface area contributed by atoms with E-state index in [-0.39, 0.29) is 47.5 Å². The predicted octanol–water partition coefficient (Wildman–Crippen LogP) is 4.97. The number of thioether (sulfide) groups is 1. The predicted molar refractivity (Wildman–Crippen MR) is 193 cm³/mol. The van der Waals surface area contributed by atoms with Crippen LogP contribution in [0.25, 0.3) is 0 Å². The lowest BCUT2D eigenvalue weighted by Gasteiger charge is -2.33. The molecular weight excluding hydrogens is 667 g/mol. The van der Waals surface area contributed by atoms with E-state index in [1.807, 2.05) is 75.4 Å². The zero-order chi connectivity index (χ0) is 36.3. The fraction of sp³-hybridized carbons (Fsp3) is 0.275. The molecule has 3 atom stereocenters. The number of ether oxygens (including phenoxy) is 1. The number of nitrogens with zero attached hydrogens (tertiary/aromatic N) is 1. The number of fused-ring (bicyclic) bond motifs is 2. The Hall–Kier alpha value is -5.26. The fourth-order valence-electron chi connectivity index (χ4n) is 6.53. The Kier molecular flexibility index (Phi) is 10.4. The van der Waals surface area contributed by atoms with Gasteiger partial charge in [0, 0.05) is 33.5 Å². The van der Waals surface area contributed by atoms with E-state index in [2.05, 4.69) is 10.6 Å². The standard InChI is InChI=1S/C40H39N3O7S/c1-24-11-7-8-14-27(24)21-41-37(47)36-40(2,3)51-23-43(36)38(48)35(46)32(20-25-12-5-4-6-13-25)42-39(49)50-22-26-17-18-30-31(19-26)34(45)29-16-10-9-15-28(29)33(30)44/h4-19,32,35-36,46H,20-23H2,1-3H3,(H,41,47)(H,42,49). The Morgan fingerprint density at radius 1 is 0.863 bits per heavy atom. The number of ketones is 2. The van der Waals surface area contributed by atoms with Crippen LogP contribution in [0.4, 0.5) is 4.79 Å². The van der Waals surface area contributed by atoms with Gasteiger partial charge in [-0.3, -0.25) is 19.2 Å². The van der Waals surface area contributed by atoms with Crippen molar-refractivity contribution in [1.82, 2.24) is 15.5 Å². The number of hydrogen-bond donors (Lipinski definition) is 3. The number of nitrogens with one attached hydrogen (secondary N) is 2. The van der Waals surface area contributed by atoms with Crippen LogP contribution in [-0.4, -0.2) is 68.3 Å². The van der Waals surface area contributed by atoms with Crippen LogP contribution in [0, 0.1) is 6.92 Å². The summed E-state index contributed by atoms with van der Waals surface area (Å²) in [6.07, 6.45) is -2.49. The van der Waals surface area contributed by atoms with Crippen molar-refractivity contribution in [3.8, 4) is 0 Å². The molecule has 0 aromatic heterocycles. The number of carbonyl (C=O) groups excluding carboxylic acids is 5. The molecule has 0 radical (unpaired) electrons. The summed E-state index contributed by atoms with van der Waals surface area (Å²) in [4.78, 5) is 68.3. The van der Waals surface area contributed by atoms with Gasteiger partial charge in [-0.2, -0.15) is 0 Å². The van der Waals surface area contributed by atoms with Crippen LogP contribution in [0.5, 0.6) is 0 Å². The molecule has 0 saturated carbocycles. The summed E-state index contributed by atoms with van der Waals surface area (Å²) in [5.41, 5.74) is 4.41. The number of aryl methyl sites for hydroxylation is 1. The zero-order valence-electron chi connectivity index (χ0n) is 28.6. The van der Waals surface area contributed by atoms with Crippen molar-refractivity contribution in [2.24, 2.45) is 0 Å². The van der Waals surface area contributed by atoms with Crippen LogP contribution >= 0.6 is 11.8 Å². The highest BCUT2D eigenvalue weighted by atomic mass is 32.2. The minimum Gasteiger partial charge on any atom is -0.445 e. The summed E-state index contributed by atoms with van der Waals surface area (Å²) in [6, 6.07) is 26.2. The molecule has 10 nitrogen and oxygen atoms in total. The molecule has 1 fully saturated rings. The van der Waals surface area contributed by atoms with Crippen LogP contribution in [0.3, 0.4) is 0 Å². The molecular formula is C40H39N3O7S. The van der Waals surface area contributed by atoms with Gasteiger partial charge < -0.3 is 25.4 Å². The third-order valence-electron chi connectivity index (χ3n) is 9.39. The molecule has 3 unspecified atom stereocenters. The Morgan fingerprint density at radius 3 is 2.20 bits per heavy atom. The summed E-state index contributed by atoms with van der Waals surface area (Å²) in [5, 5.41) is 17.2. The van der Waals surface area contributed by atoms with Gasteiger partial charge in [-0.25, -0.2) is 4.79 Å². The van der Waals surface area contributed by atoms with Crippen LogP contribution in [0.1, 0.15) is 67.9 Å². The van der Waals surface area contributed by atoms with E-state index >= 15 is 0 Å². The molecule has 4 aromatic carbocycles. The van der Waals surface area contributed by atoms with Crippen molar-refractivity contribution >= 4 is 41.2 Å². The molecule has 51 heavy (non-hydrogen) atoms. The molecule has 1 aliphatic heterocycles. The lowest BCUT2D eigenvalue weighted by Crippen LogP contribution is -2.58. The van der Waals surface area contributed by atoms with Crippen LogP contribution in [0.15, 0.2) is 97.1 Å². The molecule has 1 heterocycles. The van der Waals surface area contributed by atoms with Gasteiger partial charge in [0.05, 0.1) is 11.9 Å². The third-order valence-corrected chi connectivity index (χ3v) is 10.8. The van der Waals surface area contributed by atoms with Crippen molar-refractivity contribution < 1.29 is 33.8 Å². The van der Waals surface area contributed by atoms with Crippen LogP contribution in [0.2, 0.25) is 0 Å². The molecule has 11 heteroatoms. The first-order valence-electron chi connectivity index (χ1n) is 16.7. The molecule has 6 rings (SSSR count). The maximum atomic E-state index is 14.0. The molecule has 4 aromatic rings. The van der Waals surface area contributed by atoms with Crippen LogP contribution < -0.4 is 10.6 Å². The number of aliphatic hydroxyl groups excluding tert-OH is 1. The van der Waals surface area contributed by atoms with Gasteiger partial charge >= 0.3 is 6.09 Å². The fourth-order valence-corrected chi connectivity index (χ4v) is 7.67. The van der Waals surface area contributed by atoms with Crippen molar-refractivity contribution in [2.75, 3.05) is 5.88 Å². The number of hydrogen-bond acceptors (Lipinski definition) is 8. The van der Waals surface area contributed by atoms with E-state index < -0.39 is 34.9 Å². The quantitative estimate of drug-likeness (QED) is 0.185. The molecule has 3 N–H and O–H groups in total. The minimum absolute atomic E-state index is 0.103. The Morgan fingerprint density at radius 2 is 1.49 bits per heavy atom. The summed E-state index contributed by atoms with van der Waals surface area (Å²) in [6.45, 7) is 5.79. The highest BCUT2D eigenvalue weighted by molar-refractivity contribution is 8.00. The average Bonchev–Trinajstić information content (AvgIpc) is 3.46. The summed E-state index contributed by atoms with van der Waals surface area (Å²) in [7, 11) is 0. The molecule has 2 aliphatic rings. The minimum atomic E-state index is -1.70. The number of carbonyl (C=O) groups is 5. The zero-order valence-corrected chi connectivity index (χ0v) is 29.4. The first-order chi connectivity index (χ1) is 24.4. The summed E-state index contributed by atoms with van der Waals surface area (Å²) >= 11 is 1.43. The Labute approximate surface area is 300 Å². The van der Waals surface area contributed by atoms with E-state index in [1.165, 1.54) is 22.7 Å².